The molecule has 0 radical (unpaired) electrons. The van der Waals surface area contributed by atoms with Gasteiger partial charge in [0.05, 0.1) is 30.8 Å². The minimum absolute atomic E-state index is 0.0732. The Bertz CT molecular complexity index is 1420. The van der Waals surface area contributed by atoms with Gasteiger partial charge in [0.15, 0.2) is 11.5 Å². The van der Waals surface area contributed by atoms with Crippen LogP contribution in [0, 0.1) is 5.41 Å². The smallest absolute Gasteiger partial charge is 0.338 e. The summed E-state index contributed by atoms with van der Waals surface area (Å²) in [7, 11) is 2.96. The van der Waals surface area contributed by atoms with Crippen molar-refractivity contribution >= 4 is 17.6 Å². The van der Waals surface area contributed by atoms with E-state index in [1.807, 2.05) is 13.0 Å². The van der Waals surface area contributed by atoms with Crippen molar-refractivity contribution in [2.45, 2.75) is 50.2 Å². The van der Waals surface area contributed by atoms with Crippen molar-refractivity contribution in [3.63, 3.8) is 0 Å². The number of nitrogens with zero attached hydrogens (tertiary/aromatic N) is 1. The Balaban J connectivity index is 1.31. The van der Waals surface area contributed by atoms with E-state index in [0.29, 0.717) is 34.8 Å². The number of nitrogens with one attached hydrogen (secondary N) is 1. The summed E-state index contributed by atoms with van der Waals surface area (Å²) >= 11 is 0. The van der Waals surface area contributed by atoms with E-state index in [2.05, 4.69) is 28.4 Å². The molecule has 0 bridgehead atoms. The predicted molar refractivity (Wildman–Crippen MR) is 141 cm³/mol. The summed E-state index contributed by atoms with van der Waals surface area (Å²) in [6, 6.07) is 11.7. The molecule has 204 valence electrons. The number of methoxy groups -OCH3 is 2. The molecule has 4 heterocycles. The van der Waals surface area contributed by atoms with Crippen LogP contribution in [0.2, 0.25) is 0 Å². The normalized spacial score (nSPS) is 28.6. The van der Waals surface area contributed by atoms with Gasteiger partial charge < -0.3 is 29.0 Å². The van der Waals surface area contributed by atoms with Crippen molar-refractivity contribution in [3.05, 3.63) is 58.8 Å². The van der Waals surface area contributed by atoms with Gasteiger partial charge in [-0.05, 0) is 69.5 Å². The number of hydrogen-bond donors (Lipinski definition) is 1. The molecule has 2 aromatic carbocycles. The number of rotatable bonds is 5. The van der Waals surface area contributed by atoms with Gasteiger partial charge in [0.25, 0.3) is 0 Å². The lowest BCUT2D eigenvalue weighted by Gasteiger charge is -2.57. The summed E-state index contributed by atoms with van der Waals surface area (Å²) in [5.74, 6) is 0.574. The van der Waals surface area contributed by atoms with E-state index in [4.69, 9.17) is 23.7 Å². The zero-order valence-corrected chi connectivity index (χ0v) is 22.4. The Morgan fingerprint density at radius 3 is 2.77 bits per heavy atom. The average Bonchev–Trinajstić information content (AvgIpc) is 3.68. The molecule has 1 aliphatic carbocycles. The molecule has 4 aliphatic heterocycles. The Morgan fingerprint density at radius 2 is 1.95 bits per heavy atom. The van der Waals surface area contributed by atoms with Gasteiger partial charge >= 0.3 is 11.9 Å². The first-order chi connectivity index (χ1) is 18.9. The molecule has 1 spiro atoms. The minimum Gasteiger partial charge on any atom is -0.493 e. The second kappa shape index (κ2) is 8.64. The Morgan fingerprint density at radius 1 is 1.10 bits per heavy atom. The summed E-state index contributed by atoms with van der Waals surface area (Å²) in [4.78, 5) is 29.5. The molecular formula is C30H32N2O7. The van der Waals surface area contributed by atoms with Crippen molar-refractivity contribution in [2.75, 3.05) is 39.4 Å². The van der Waals surface area contributed by atoms with Crippen LogP contribution in [0.5, 0.6) is 17.2 Å². The first-order valence-electron chi connectivity index (χ1n) is 13.5. The van der Waals surface area contributed by atoms with Crippen LogP contribution >= 0.6 is 0 Å². The van der Waals surface area contributed by atoms with Crippen molar-refractivity contribution in [1.82, 2.24) is 4.90 Å². The number of esters is 2. The minimum atomic E-state index is -0.475. The van der Waals surface area contributed by atoms with Crippen LogP contribution in [0.25, 0.3) is 0 Å². The third kappa shape index (κ3) is 3.22. The molecule has 7 rings (SSSR count). The topological polar surface area (TPSA) is 95.6 Å². The number of carbonyl (C=O) groups is 2. The van der Waals surface area contributed by atoms with Gasteiger partial charge in [-0.25, -0.2) is 9.59 Å². The zero-order valence-electron chi connectivity index (χ0n) is 22.4. The lowest BCUT2D eigenvalue weighted by molar-refractivity contribution is -0.138. The SMILES string of the molecule is COC(=O)C1=C2Nc3ccccc3[C@]23CCN2CCC[C@]([C@H](C)OC(=O)c4cc(OC)c5c(c4)OCO5)(C1)[C@@H]23. The number of carbonyl (C=O) groups excluding carboxylic acids is 2. The van der Waals surface area contributed by atoms with Crippen molar-refractivity contribution in [3.8, 4) is 17.2 Å². The number of anilines is 1. The van der Waals surface area contributed by atoms with Crippen LogP contribution in [0.3, 0.4) is 0 Å². The highest BCUT2D eigenvalue weighted by atomic mass is 16.7. The highest BCUT2D eigenvalue weighted by Gasteiger charge is 2.68. The molecule has 0 amide bonds. The molecular weight excluding hydrogens is 500 g/mol. The van der Waals surface area contributed by atoms with Crippen LogP contribution in [0.4, 0.5) is 5.69 Å². The third-order valence-electron chi connectivity index (χ3n) is 9.60. The monoisotopic (exact) mass is 532 g/mol. The number of piperidine rings is 1. The Kier molecular flexibility index (Phi) is 5.39. The lowest BCUT2D eigenvalue weighted by Crippen LogP contribution is -2.64. The van der Waals surface area contributed by atoms with E-state index >= 15 is 0 Å². The van der Waals surface area contributed by atoms with E-state index in [9.17, 15) is 9.59 Å². The van der Waals surface area contributed by atoms with Gasteiger partial charge in [-0.2, -0.15) is 0 Å². The van der Waals surface area contributed by atoms with Crippen LogP contribution < -0.4 is 19.5 Å². The number of fused-ring (bicyclic) bond motifs is 2. The van der Waals surface area contributed by atoms with E-state index in [1.54, 1.807) is 12.1 Å². The van der Waals surface area contributed by atoms with Crippen molar-refractivity contribution in [1.29, 1.82) is 0 Å². The van der Waals surface area contributed by atoms with Crippen molar-refractivity contribution in [2.24, 2.45) is 5.41 Å². The molecule has 9 heteroatoms. The van der Waals surface area contributed by atoms with E-state index in [-0.39, 0.29) is 24.2 Å². The second-order valence-electron chi connectivity index (χ2n) is 11.1. The number of para-hydroxylation sites is 1. The summed E-state index contributed by atoms with van der Waals surface area (Å²) in [6.45, 7) is 3.95. The fourth-order valence-corrected chi connectivity index (χ4v) is 8.05. The maximum Gasteiger partial charge on any atom is 0.338 e. The average molecular weight is 533 g/mol. The van der Waals surface area contributed by atoms with Gasteiger partial charge in [-0.15, -0.1) is 0 Å². The largest absolute Gasteiger partial charge is 0.493 e. The molecule has 9 nitrogen and oxygen atoms in total. The molecule has 2 aromatic rings. The first kappa shape index (κ1) is 24.3. The van der Waals surface area contributed by atoms with Gasteiger partial charge in [-0.3, -0.25) is 4.90 Å². The third-order valence-corrected chi connectivity index (χ3v) is 9.60. The first-order valence-corrected chi connectivity index (χ1v) is 13.5. The van der Waals surface area contributed by atoms with E-state index < -0.39 is 17.5 Å². The van der Waals surface area contributed by atoms with Gasteiger partial charge in [-0.1, -0.05) is 18.2 Å². The molecule has 0 saturated carbocycles. The molecule has 5 aliphatic rings. The van der Waals surface area contributed by atoms with Crippen LogP contribution in [-0.2, 0) is 19.7 Å². The van der Waals surface area contributed by atoms with Crippen molar-refractivity contribution < 1.29 is 33.3 Å². The molecule has 2 fully saturated rings. The maximum atomic E-state index is 13.6. The Hall–Kier alpha value is -3.72. The zero-order chi connectivity index (χ0) is 26.9. The summed E-state index contributed by atoms with van der Waals surface area (Å²) < 4.78 is 28.1. The highest BCUT2D eigenvalue weighted by Crippen LogP contribution is 2.65. The second-order valence-corrected chi connectivity index (χ2v) is 11.1. The molecule has 0 aromatic heterocycles. The molecule has 1 N–H and O–H groups in total. The fourth-order valence-electron chi connectivity index (χ4n) is 8.05. The summed E-state index contributed by atoms with van der Waals surface area (Å²) in [5.41, 5.74) is 3.33. The molecule has 0 unspecified atom stereocenters. The number of benzene rings is 2. The summed E-state index contributed by atoms with van der Waals surface area (Å²) in [6.07, 6.45) is 2.69. The predicted octanol–water partition coefficient (Wildman–Crippen LogP) is 4.02. The highest BCUT2D eigenvalue weighted by molar-refractivity contribution is 5.94. The number of ether oxygens (including phenoxy) is 5. The van der Waals surface area contributed by atoms with E-state index in [1.165, 1.54) is 19.8 Å². The molecule has 2 saturated heterocycles. The molecule has 4 atom stereocenters. The molecule has 39 heavy (non-hydrogen) atoms. The number of hydrogen-bond acceptors (Lipinski definition) is 9. The Labute approximate surface area is 227 Å². The van der Waals surface area contributed by atoms with Crippen LogP contribution in [-0.4, -0.2) is 63.1 Å². The maximum absolute atomic E-state index is 13.6. The van der Waals surface area contributed by atoms with Crippen LogP contribution in [0.15, 0.2) is 47.7 Å². The van der Waals surface area contributed by atoms with Gasteiger partial charge in [0, 0.05) is 22.8 Å². The fraction of sp³-hybridized carbons (Fsp3) is 0.467. The quantitative estimate of drug-likeness (QED) is 0.573. The standard InChI is InChI=1S/C30H32N2O7/c1-17(39-26(33)18-13-22(35-2)24-23(14-18)37-16-38-24)29-9-6-11-32-12-10-30(28(29)32)20-7-4-5-8-21(20)31-25(30)19(15-29)27(34)36-3/h4-5,7-8,13-14,17,28,31H,6,9-12,15-16H2,1-3H3/t17-,28+,29+,30+/m0/s1. The van der Waals surface area contributed by atoms with E-state index in [0.717, 1.165) is 43.7 Å². The summed E-state index contributed by atoms with van der Waals surface area (Å²) in [5, 5.41) is 3.62. The van der Waals surface area contributed by atoms with Crippen LogP contribution in [0.1, 0.15) is 48.5 Å². The van der Waals surface area contributed by atoms with Gasteiger partial charge in [0.2, 0.25) is 12.5 Å². The lowest BCUT2D eigenvalue weighted by atomic mass is 9.53. The van der Waals surface area contributed by atoms with Gasteiger partial charge in [0.1, 0.15) is 6.10 Å².